The minimum absolute atomic E-state index is 0.0441. The van der Waals surface area contributed by atoms with Crippen LogP contribution >= 0.6 is 0 Å². The van der Waals surface area contributed by atoms with Gasteiger partial charge in [-0.3, -0.25) is 0 Å². The van der Waals surface area contributed by atoms with E-state index in [1.807, 2.05) is 30.3 Å². The van der Waals surface area contributed by atoms with Gasteiger partial charge in [-0.05, 0) is 23.3 Å². The Labute approximate surface area is 135 Å². The predicted molar refractivity (Wildman–Crippen MR) is 85.7 cm³/mol. The van der Waals surface area contributed by atoms with Gasteiger partial charge in [0.05, 0.1) is 25.0 Å². The molecule has 0 saturated carbocycles. The second-order valence-corrected chi connectivity index (χ2v) is 7.53. The van der Waals surface area contributed by atoms with Crippen LogP contribution in [0, 0.1) is 5.82 Å². The molecule has 2 aromatic carbocycles. The van der Waals surface area contributed by atoms with Crippen LogP contribution in [0.5, 0.6) is 0 Å². The zero-order valence-corrected chi connectivity index (χ0v) is 13.4. The Morgan fingerprint density at radius 1 is 1.09 bits per heavy atom. The van der Waals surface area contributed by atoms with E-state index >= 15 is 0 Å². The quantitative estimate of drug-likeness (QED) is 0.866. The lowest BCUT2D eigenvalue weighted by Gasteiger charge is -2.28. The first kappa shape index (κ1) is 16.1. The molecular weight excluding hydrogens is 317 g/mol. The van der Waals surface area contributed by atoms with Crippen LogP contribution in [0.25, 0.3) is 0 Å². The van der Waals surface area contributed by atoms with Gasteiger partial charge >= 0.3 is 0 Å². The average Bonchev–Trinajstić information content (AvgIpc) is 2.69. The molecule has 1 heterocycles. The molecule has 4 nitrogen and oxygen atoms in total. The number of hydrogen-bond donors (Lipinski definition) is 0. The molecular formula is C17H18FNO3S. The Hall–Kier alpha value is -1.76. The molecule has 1 saturated heterocycles. The summed E-state index contributed by atoms with van der Waals surface area (Å²) in [6.07, 6.45) is 0. The van der Waals surface area contributed by atoms with Crippen molar-refractivity contribution < 1.29 is 17.5 Å². The number of hydrogen-bond acceptors (Lipinski definition) is 3. The maximum Gasteiger partial charge on any atom is 0.217 e. The molecule has 0 amide bonds. The Bertz CT molecular complexity index is 747. The molecule has 0 aliphatic carbocycles. The molecule has 6 heteroatoms. The van der Waals surface area contributed by atoms with Crippen molar-refractivity contribution in [1.82, 2.24) is 4.31 Å². The van der Waals surface area contributed by atoms with Crippen LogP contribution < -0.4 is 0 Å². The average molecular weight is 335 g/mol. The zero-order chi connectivity index (χ0) is 16.3. The largest absolute Gasteiger partial charge is 0.378 e. The molecule has 23 heavy (non-hydrogen) atoms. The first-order chi connectivity index (χ1) is 11.1. The fourth-order valence-electron chi connectivity index (χ4n) is 2.67. The highest BCUT2D eigenvalue weighted by Gasteiger charge is 2.33. The number of sulfonamides is 1. The lowest BCUT2D eigenvalue weighted by molar-refractivity contribution is 0.110. The number of rotatable bonds is 3. The van der Waals surface area contributed by atoms with Gasteiger partial charge in [-0.1, -0.05) is 42.5 Å². The van der Waals surface area contributed by atoms with Gasteiger partial charge in [0.2, 0.25) is 10.0 Å². The molecule has 3 rings (SSSR count). The Kier molecular flexibility index (Phi) is 4.75. The minimum atomic E-state index is -3.45. The van der Waals surface area contributed by atoms with Crippen molar-refractivity contribution in [3.8, 4) is 0 Å². The molecule has 1 aliphatic rings. The molecule has 1 aliphatic heterocycles. The first-order valence-electron chi connectivity index (χ1n) is 7.43. The van der Waals surface area contributed by atoms with Gasteiger partial charge in [0.1, 0.15) is 5.82 Å². The molecule has 0 spiro atoms. The monoisotopic (exact) mass is 335 g/mol. The van der Waals surface area contributed by atoms with Crippen LogP contribution in [0.1, 0.15) is 17.2 Å². The highest BCUT2D eigenvalue weighted by Crippen LogP contribution is 2.28. The van der Waals surface area contributed by atoms with Gasteiger partial charge < -0.3 is 4.74 Å². The Morgan fingerprint density at radius 2 is 1.78 bits per heavy atom. The summed E-state index contributed by atoms with van der Waals surface area (Å²) in [6, 6.07) is 15.0. The fraction of sp³-hybridized carbons (Fsp3) is 0.294. The highest BCUT2D eigenvalue weighted by molar-refractivity contribution is 7.89. The third-order valence-corrected chi connectivity index (χ3v) is 5.68. The van der Waals surface area contributed by atoms with E-state index in [4.69, 9.17) is 4.74 Å². The fourth-order valence-corrected chi connectivity index (χ4v) is 4.15. The van der Waals surface area contributed by atoms with Gasteiger partial charge in [0.25, 0.3) is 0 Å². The molecule has 0 bridgehead atoms. The minimum Gasteiger partial charge on any atom is -0.378 e. The number of nitrogens with zero attached hydrogens (tertiary/aromatic N) is 1. The lowest BCUT2D eigenvalue weighted by Crippen LogP contribution is -2.36. The van der Waals surface area contributed by atoms with Gasteiger partial charge in [0, 0.05) is 6.54 Å². The molecule has 1 fully saturated rings. The highest BCUT2D eigenvalue weighted by atomic mass is 32.2. The van der Waals surface area contributed by atoms with Crippen molar-refractivity contribution >= 4 is 10.0 Å². The van der Waals surface area contributed by atoms with E-state index in [2.05, 4.69) is 0 Å². The summed E-state index contributed by atoms with van der Waals surface area (Å²) in [7, 11) is -3.45. The predicted octanol–water partition coefficient (Wildman–Crippen LogP) is 2.73. The van der Waals surface area contributed by atoms with Crippen molar-refractivity contribution in [1.29, 1.82) is 0 Å². The van der Waals surface area contributed by atoms with Crippen molar-refractivity contribution in [3.05, 3.63) is 71.5 Å². The molecule has 2 aromatic rings. The zero-order valence-electron chi connectivity index (χ0n) is 12.6. The van der Waals surface area contributed by atoms with E-state index in [9.17, 15) is 12.8 Å². The maximum absolute atomic E-state index is 13.1. The summed E-state index contributed by atoms with van der Waals surface area (Å²) < 4.78 is 45.3. The van der Waals surface area contributed by atoms with Gasteiger partial charge in [-0.2, -0.15) is 4.31 Å². The van der Waals surface area contributed by atoms with E-state index in [-0.39, 0.29) is 30.8 Å². The van der Waals surface area contributed by atoms with Crippen molar-refractivity contribution in [2.24, 2.45) is 0 Å². The maximum atomic E-state index is 13.1. The summed E-state index contributed by atoms with van der Waals surface area (Å²) >= 11 is 0. The van der Waals surface area contributed by atoms with Crippen LogP contribution in [-0.2, 0) is 21.3 Å². The van der Waals surface area contributed by atoms with Crippen molar-refractivity contribution in [2.75, 3.05) is 19.0 Å². The molecule has 1 atom stereocenters. The molecule has 0 N–H and O–H groups in total. The molecule has 0 radical (unpaired) electrons. The summed E-state index contributed by atoms with van der Waals surface area (Å²) in [4.78, 5) is 0. The number of halogens is 1. The first-order valence-corrected chi connectivity index (χ1v) is 9.04. The van der Waals surface area contributed by atoms with E-state index in [1.165, 1.54) is 16.4 Å². The van der Waals surface area contributed by atoms with Gasteiger partial charge in [-0.15, -0.1) is 0 Å². The third-order valence-electron chi connectivity index (χ3n) is 3.90. The smallest absolute Gasteiger partial charge is 0.217 e. The van der Waals surface area contributed by atoms with Gasteiger partial charge in [-0.25, -0.2) is 12.8 Å². The van der Waals surface area contributed by atoms with Crippen LogP contribution in [-0.4, -0.2) is 31.7 Å². The number of benzene rings is 2. The lowest BCUT2D eigenvalue weighted by atomic mass is 10.1. The summed E-state index contributed by atoms with van der Waals surface area (Å²) in [5.74, 6) is -0.382. The van der Waals surface area contributed by atoms with E-state index in [0.717, 1.165) is 11.1 Å². The summed E-state index contributed by atoms with van der Waals surface area (Å²) in [5, 5.41) is 0. The van der Waals surface area contributed by atoms with Crippen molar-refractivity contribution in [2.45, 2.75) is 12.6 Å². The van der Waals surface area contributed by atoms with Gasteiger partial charge in [0.15, 0.2) is 0 Å². The second-order valence-electron chi connectivity index (χ2n) is 5.49. The van der Waals surface area contributed by atoms with Crippen molar-refractivity contribution in [3.63, 3.8) is 0 Å². The Balaban J connectivity index is 1.96. The standard InChI is InChI=1S/C17H18FNO3S/c18-16-8-6-14(7-9-16)12-19-17(15-4-2-1-3-5-15)13-22-10-11-23(19,20)21/h1-9,17H,10-13H2/t17-/m1/s1. The van der Waals surface area contributed by atoms with Crippen LogP contribution in [0.3, 0.4) is 0 Å². The second kappa shape index (κ2) is 6.78. The molecule has 122 valence electrons. The van der Waals surface area contributed by atoms with Crippen LogP contribution in [0.4, 0.5) is 4.39 Å². The molecule has 0 aromatic heterocycles. The normalized spacial score (nSPS) is 21.7. The SMILES string of the molecule is O=S1(=O)CCOC[C@H](c2ccccc2)N1Cc1ccc(F)cc1. The van der Waals surface area contributed by atoms with E-state index in [1.54, 1.807) is 12.1 Å². The number of ether oxygens (including phenoxy) is 1. The summed E-state index contributed by atoms with van der Waals surface area (Å²) in [5.41, 5.74) is 1.64. The summed E-state index contributed by atoms with van der Waals surface area (Å²) in [6.45, 7) is 0.696. The Morgan fingerprint density at radius 3 is 2.48 bits per heavy atom. The van der Waals surface area contributed by atoms with E-state index < -0.39 is 10.0 Å². The topological polar surface area (TPSA) is 46.6 Å². The van der Waals surface area contributed by atoms with Crippen LogP contribution in [0.15, 0.2) is 54.6 Å². The molecule has 0 unspecified atom stereocenters. The van der Waals surface area contributed by atoms with Crippen LogP contribution in [0.2, 0.25) is 0 Å². The van der Waals surface area contributed by atoms with E-state index in [0.29, 0.717) is 6.61 Å². The third kappa shape index (κ3) is 3.77.